The summed E-state index contributed by atoms with van der Waals surface area (Å²) >= 11 is 5.95. The minimum absolute atomic E-state index is 0.0733. The average Bonchev–Trinajstić information content (AvgIpc) is 2.83. The smallest absolute Gasteiger partial charge is 0.376 e. The van der Waals surface area contributed by atoms with Crippen LogP contribution in [0, 0.1) is 6.92 Å². The number of nitrogens with one attached hydrogen (secondary N) is 1. The van der Waals surface area contributed by atoms with Crippen LogP contribution < -0.4 is 9.50 Å². The topological polar surface area (TPSA) is 75.7 Å². The molecule has 1 heterocycles. The molecule has 3 rings (SSSR count). The van der Waals surface area contributed by atoms with E-state index < -0.39 is 61.7 Å². The van der Waals surface area contributed by atoms with Gasteiger partial charge in [0.15, 0.2) is 0 Å². The van der Waals surface area contributed by atoms with Gasteiger partial charge >= 0.3 is 21.8 Å². The third-order valence-electron chi connectivity index (χ3n) is 6.30. The summed E-state index contributed by atoms with van der Waals surface area (Å²) in [5.74, 6) is -1.56. The zero-order chi connectivity index (χ0) is 29.2. The van der Waals surface area contributed by atoms with Crippen molar-refractivity contribution in [3.8, 4) is 5.75 Å². The molecule has 39 heavy (non-hydrogen) atoms. The molecule has 1 unspecified atom stereocenters. The summed E-state index contributed by atoms with van der Waals surface area (Å²) in [7, 11) is -5.99. The van der Waals surface area contributed by atoms with Crippen molar-refractivity contribution in [2.45, 2.75) is 50.0 Å². The van der Waals surface area contributed by atoms with Gasteiger partial charge in [-0.05, 0) is 55.6 Å². The number of piperidine rings is 1. The van der Waals surface area contributed by atoms with Crippen molar-refractivity contribution in [1.29, 1.82) is 0 Å². The van der Waals surface area contributed by atoms with Gasteiger partial charge in [0.2, 0.25) is 0 Å². The van der Waals surface area contributed by atoms with Crippen LogP contribution in [-0.2, 0) is 16.3 Å². The van der Waals surface area contributed by atoms with Gasteiger partial charge in [0.25, 0.3) is 5.91 Å². The fraction of sp³-hybridized carbons (Fsp3) is 0.400. The number of amides is 1. The van der Waals surface area contributed by atoms with E-state index >= 15 is 0 Å². The second kappa shape index (κ2) is 11.8. The lowest BCUT2D eigenvalue weighted by Gasteiger charge is -2.40. The van der Waals surface area contributed by atoms with Crippen LogP contribution in [0.1, 0.15) is 52.4 Å². The Hall–Kier alpha value is -2.77. The highest BCUT2D eigenvalue weighted by Gasteiger charge is 2.49. The minimum Gasteiger partial charge on any atom is -0.376 e. The van der Waals surface area contributed by atoms with Gasteiger partial charge in [-0.1, -0.05) is 42.3 Å². The molecular weight excluding hydrogens is 574 g/mol. The van der Waals surface area contributed by atoms with E-state index in [1.165, 1.54) is 19.1 Å². The Morgan fingerprint density at radius 2 is 1.90 bits per heavy atom. The van der Waals surface area contributed by atoms with Crippen molar-refractivity contribution >= 4 is 27.6 Å². The van der Waals surface area contributed by atoms with E-state index in [4.69, 9.17) is 11.6 Å². The predicted octanol–water partition coefficient (Wildman–Crippen LogP) is 6.41. The number of rotatable bonds is 8. The van der Waals surface area contributed by atoms with Crippen LogP contribution in [0.25, 0.3) is 0 Å². The van der Waals surface area contributed by atoms with Crippen molar-refractivity contribution in [1.82, 2.24) is 10.2 Å². The van der Waals surface area contributed by atoms with Crippen molar-refractivity contribution in [2.75, 3.05) is 13.1 Å². The fourth-order valence-electron chi connectivity index (χ4n) is 4.40. The van der Waals surface area contributed by atoms with Crippen molar-refractivity contribution in [3.05, 3.63) is 76.3 Å². The number of aryl methyl sites for hydroxylation is 1. The van der Waals surface area contributed by atoms with Gasteiger partial charge in [0, 0.05) is 12.6 Å². The molecule has 1 amide bonds. The largest absolute Gasteiger partial charge is 0.534 e. The molecule has 6 nitrogen and oxygen atoms in total. The van der Waals surface area contributed by atoms with E-state index in [-0.39, 0.29) is 11.1 Å². The summed E-state index contributed by atoms with van der Waals surface area (Å²) < 4.78 is 107. The molecule has 2 aromatic carbocycles. The van der Waals surface area contributed by atoms with Gasteiger partial charge < -0.3 is 9.50 Å². The van der Waals surface area contributed by atoms with Crippen LogP contribution in [0.15, 0.2) is 49.1 Å². The number of carbonyl (C=O) groups excluding carboxylic acids is 1. The van der Waals surface area contributed by atoms with E-state index in [2.05, 4.69) is 16.1 Å². The number of hydrogen-bond acceptors (Lipinski definition) is 5. The molecule has 1 saturated heterocycles. The molecule has 2 aromatic rings. The van der Waals surface area contributed by atoms with Crippen LogP contribution in [0.2, 0.25) is 5.02 Å². The van der Waals surface area contributed by atoms with E-state index in [0.717, 1.165) is 37.1 Å². The molecule has 0 bridgehead atoms. The quantitative estimate of drug-likeness (QED) is 0.165. The molecule has 1 aliphatic heterocycles. The molecule has 214 valence electrons. The van der Waals surface area contributed by atoms with Gasteiger partial charge in [-0.25, -0.2) is 0 Å². The Morgan fingerprint density at radius 1 is 1.21 bits per heavy atom. The van der Waals surface area contributed by atoms with Crippen LogP contribution in [0.3, 0.4) is 0 Å². The summed E-state index contributed by atoms with van der Waals surface area (Å²) in [6.45, 7) is 6.03. The zero-order valence-electron chi connectivity index (χ0n) is 20.6. The number of likely N-dealkylation sites (tertiary alicyclic amines) is 1. The molecule has 0 aliphatic carbocycles. The third-order valence-corrected chi connectivity index (χ3v) is 7.68. The van der Waals surface area contributed by atoms with Crippen molar-refractivity contribution < 1.29 is 43.7 Å². The maximum Gasteiger partial charge on any atom is 0.534 e. The van der Waals surface area contributed by atoms with Crippen molar-refractivity contribution in [2.24, 2.45) is 0 Å². The first kappa shape index (κ1) is 30.8. The van der Waals surface area contributed by atoms with Gasteiger partial charge in [-0.2, -0.15) is 34.8 Å². The number of alkyl halides is 6. The van der Waals surface area contributed by atoms with Gasteiger partial charge in [0.1, 0.15) is 5.75 Å². The van der Waals surface area contributed by atoms with Crippen LogP contribution in [-0.4, -0.2) is 43.9 Å². The molecule has 0 aromatic heterocycles. The Bertz CT molecular complexity index is 1330. The van der Waals surface area contributed by atoms with E-state index in [9.17, 15) is 39.6 Å². The van der Waals surface area contributed by atoms with Crippen LogP contribution in [0.4, 0.5) is 26.3 Å². The number of carbonyl (C=O) groups is 1. The highest BCUT2D eigenvalue weighted by Crippen LogP contribution is 2.38. The summed E-state index contributed by atoms with van der Waals surface area (Å²) in [4.78, 5) is 15.2. The normalized spacial score (nSPS) is 17.9. The highest BCUT2D eigenvalue weighted by molar-refractivity contribution is 7.88. The van der Waals surface area contributed by atoms with E-state index in [0.29, 0.717) is 19.5 Å². The lowest BCUT2D eigenvalue weighted by molar-refractivity contribution is -0.137. The van der Waals surface area contributed by atoms with Gasteiger partial charge in [-0.15, -0.1) is 6.58 Å². The standard InChI is InChI=1S/C25H25ClF6N2O4S/c1-3-12-34-13-5-4-9-19(34)22(33-23(35)17-7-6-8-18(21(17)26)24(27,28)29)16-11-10-15(2)20(14-16)38-39(36,37)25(30,31)32/h3,6-8,10-11,14,19,22H,1,4-5,9,12-13H2,2H3,(H,33,35)/t19-,22?/m0/s1. The summed E-state index contributed by atoms with van der Waals surface area (Å²) in [5, 5.41) is 1.86. The van der Waals surface area contributed by atoms with Gasteiger partial charge in [-0.3, -0.25) is 9.69 Å². The first-order chi connectivity index (χ1) is 18.1. The average molecular weight is 599 g/mol. The van der Waals surface area contributed by atoms with E-state index in [1.807, 2.05) is 4.90 Å². The zero-order valence-corrected chi connectivity index (χ0v) is 22.1. The maximum absolute atomic E-state index is 13.4. The molecule has 14 heteroatoms. The summed E-state index contributed by atoms with van der Waals surface area (Å²) in [6.07, 6.45) is -1.13. The van der Waals surface area contributed by atoms with Crippen molar-refractivity contribution in [3.63, 3.8) is 0 Å². The van der Waals surface area contributed by atoms with E-state index in [1.54, 1.807) is 6.08 Å². The monoisotopic (exact) mass is 598 g/mol. The number of nitrogens with zero attached hydrogens (tertiary/aromatic N) is 1. The first-order valence-corrected chi connectivity index (χ1v) is 13.5. The lowest BCUT2D eigenvalue weighted by atomic mass is 9.89. The second-order valence-corrected chi connectivity index (χ2v) is 10.9. The molecule has 2 atom stereocenters. The maximum atomic E-state index is 13.4. The molecule has 0 spiro atoms. The molecule has 0 radical (unpaired) electrons. The first-order valence-electron chi connectivity index (χ1n) is 11.7. The Labute approximate surface area is 226 Å². The summed E-state index contributed by atoms with van der Waals surface area (Å²) in [5.41, 5.74) is -7.07. The number of benzene rings is 2. The van der Waals surface area contributed by atoms with Crippen LogP contribution in [0.5, 0.6) is 5.75 Å². The molecule has 1 N–H and O–H groups in total. The second-order valence-electron chi connectivity index (χ2n) is 8.97. The molecule has 1 aliphatic rings. The highest BCUT2D eigenvalue weighted by atomic mass is 35.5. The predicted molar refractivity (Wildman–Crippen MR) is 133 cm³/mol. The SMILES string of the molecule is C=CCN1CCCC[C@H]1C(NC(=O)c1cccc(C(F)(F)F)c1Cl)c1ccc(C)c(OS(=O)(=O)C(F)(F)F)c1. The molecular formula is C25H25ClF6N2O4S. The van der Waals surface area contributed by atoms with Gasteiger partial charge in [0.05, 0.1) is 22.2 Å². The Morgan fingerprint density at radius 3 is 2.51 bits per heavy atom. The Balaban J connectivity index is 2.08. The number of halogens is 7. The lowest BCUT2D eigenvalue weighted by Crippen LogP contribution is -2.48. The number of hydrogen-bond donors (Lipinski definition) is 1. The molecule has 1 fully saturated rings. The molecule has 0 saturated carbocycles. The minimum atomic E-state index is -5.99. The third kappa shape index (κ3) is 7.06. The fourth-order valence-corrected chi connectivity index (χ4v) is 5.23. The summed E-state index contributed by atoms with van der Waals surface area (Å²) in [6, 6.07) is 5.30. The Kier molecular flexibility index (Phi) is 9.28. The van der Waals surface area contributed by atoms with Crippen LogP contribution >= 0.6 is 11.6 Å².